The molecule has 0 aliphatic carbocycles. The van der Waals surface area contributed by atoms with E-state index in [1.165, 1.54) is 24.4 Å². The Kier molecular flexibility index (Phi) is 7.47. The van der Waals surface area contributed by atoms with Gasteiger partial charge in [-0.3, -0.25) is 9.59 Å². The van der Waals surface area contributed by atoms with Crippen molar-refractivity contribution in [1.29, 1.82) is 0 Å². The summed E-state index contributed by atoms with van der Waals surface area (Å²) < 4.78 is 5.74. The second kappa shape index (κ2) is 10.3. The van der Waals surface area contributed by atoms with E-state index in [1.807, 2.05) is 0 Å². The van der Waals surface area contributed by atoms with Gasteiger partial charge in [0, 0.05) is 12.1 Å². The molecule has 8 nitrogen and oxygen atoms in total. The van der Waals surface area contributed by atoms with Crippen LogP contribution in [0.3, 0.4) is 0 Å². The maximum atomic E-state index is 11.6. The van der Waals surface area contributed by atoms with E-state index in [2.05, 4.69) is 22.4 Å². The number of aromatic carboxylic acids is 1. The minimum absolute atomic E-state index is 0.181. The van der Waals surface area contributed by atoms with Crippen molar-refractivity contribution in [2.45, 2.75) is 6.61 Å². The lowest BCUT2D eigenvalue weighted by Gasteiger charge is -2.09. The zero-order valence-corrected chi connectivity index (χ0v) is 14.9. The van der Waals surface area contributed by atoms with Crippen LogP contribution in [-0.4, -0.2) is 35.6 Å². The lowest BCUT2D eigenvalue weighted by Crippen LogP contribution is -2.37. The van der Waals surface area contributed by atoms with Gasteiger partial charge in [0.2, 0.25) is 0 Å². The molecule has 2 rings (SSSR count). The molecule has 0 saturated carbocycles. The van der Waals surface area contributed by atoms with Crippen LogP contribution in [0.2, 0.25) is 0 Å². The number of rotatable bonds is 8. The van der Waals surface area contributed by atoms with Crippen molar-refractivity contribution < 1.29 is 24.2 Å². The Morgan fingerprint density at radius 2 is 1.79 bits per heavy atom. The predicted molar refractivity (Wildman–Crippen MR) is 103 cm³/mol. The first kappa shape index (κ1) is 20.4. The highest BCUT2D eigenvalue weighted by molar-refractivity contribution is 6.35. The van der Waals surface area contributed by atoms with Crippen LogP contribution in [0.5, 0.6) is 5.75 Å². The number of nitrogens with zero attached hydrogens (tertiary/aromatic N) is 1. The van der Waals surface area contributed by atoms with Crippen molar-refractivity contribution >= 4 is 24.0 Å². The van der Waals surface area contributed by atoms with Crippen molar-refractivity contribution in [3.63, 3.8) is 0 Å². The van der Waals surface area contributed by atoms with Crippen LogP contribution < -0.4 is 15.5 Å². The summed E-state index contributed by atoms with van der Waals surface area (Å²) in [6.45, 7) is 3.84. The van der Waals surface area contributed by atoms with E-state index in [4.69, 9.17) is 9.84 Å². The third-order valence-electron chi connectivity index (χ3n) is 3.50. The van der Waals surface area contributed by atoms with Crippen molar-refractivity contribution in [3.8, 4) is 5.75 Å². The molecule has 0 saturated heterocycles. The van der Waals surface area contributed by atoms with Crippen LogP contribution in [-0.2, 0) is 16.2 Å². The fourth-order valence-electron chi connectivity index (χ4n) is 2.08. The van der Waals surface area contributed by atoms with Crippen LogP contribution in [0.1, 0.15) is 21.5 Å². The summed E-state index contributed by atoms with van der Waals surface area (Å²) in [7, 11) is 0. The van der Waals surface area contributed by atoms with E-state index in [0.29, 0.717) is 11.3 Å². The van der Waals surface area contributed by atoms with Crippen LogP contribution in [0.4, 0.5) is 0 Å². The Bertz CT molecular complexity index is 891. The van der Waals surface area contributed by atoms with E-state index >= 15 is 0 Å². The lowest BCUT2D eigenvalue weighted by molar-refractivity contribution is -0.139. The predicted octanol–water partition coefficient (Wildman–Crippen LogP) is 1.72. The van der Waals surface area contributed by atoms with E-state index < -0.39 is 17.8 Å². The summed E-state index contributed by atoms with van der Waals surface area (Å²) in [5.74, 6) is -2.19. The van der Waals surface area contributed by atoms with Crippen LogP contribution in [0.15, 0.2) is 66.3 Å². The number of carboxylic acids is 1. The van der Waals surface area contributed by atoms with Crippen molar-refractivity contribution in [1.82, 2.24) is 10.7 Å². The summed E-state index contributed by atoms with van der Waals surface area (Å²) in [4.78, 5) is 33.9. The number of benzene rings is 2. The molecule has 0 spiro atoms. The molecule has 0 unspecified atom stereocenters. The van der Waals surface area contributed by atoms with Crippen molar-refractivity contribution in [3.05, 3.63) is 77.9 Å². The first-order valence-corrected chi connectivity index (χ1v) is 8.27. The van der Waals surface area contributed by atoms with Crippen LogP contribution in [0, 0.1) is 0 Å². The number of ether oxygens (including phenoxy) is 1. The zero-order chi connectivity index (χ0) is 20.4. The summed E-state index contributed by atoms with van der Waals surface area (Å²) in [5, 5.41) is 15.0. The molecule has 0 aliphatic rings. The number of carboxylic acid groups (broad SMARTS) is 1. The monoisotopic (exact) mass is 381 g/mol. The molecule has 0 radical (unpaired) electrons. The summed E-state index contributed by atoms with van der Waals surface area (Å²) in [5.41, 5.74) is 3.72. The number of para-hydroxylation sites is 1. The number of nitrogens with one attached hydrogen (secondary N) is 2. The number of hydrogen-bond acceptors (Lipinski definition) is 5. The van der Waals surface area contributed by atoms with Gasteiger partial charge in [0.1, 0.15) is 12.4 Å². The fourth-order valence-corrected chi connectivity index (χ4v) is 2.08. The Balaban J connectivity index is 1.96. The first-order valence-electron chi connectivity index (χ1n) is 8.27. The van der Waals surface area contributed by atoms with E-state index in [0.717, 1.165) is 5.56 Å². The van der Waals surface area contributed by atoms with Gasteiger partial charge in [-0.1, -0.05) is 30.3 Å². The second-order valence-electron chi connectivity index (χ2n) is 5.53. The highest BCUT2D eigenvalue weighted by Gasteiger charge is 2.10. The van der Waals surface area contributed by atoms with E-state index in [1.54, 1.807) is 36.4 Å². The Morgan fingerprint density at radius 1 is 1.07 bits per heavy atom. The molecule has 2 aromatic rings. The molecule has 144 valence electrons. The molecule has 2 aromatic carbocycles. The van der Waals surface area contributed by atoms with Gasteiger partial charge >= 0.3 is 17.8 Å². The molecule has 28 heavy (non-hydrogen) atoms. The summed E-state index contributed by atoms with van der Waals surface area (Å²) >= 11 is 0. The second-order valence-corrected chi connectivity index (χ2v) is 5.53. The zero-order valence-electron chi connectivity index (χ0n) is 14.9. The van der Waals surface area contributed by atoms with Gasteiger partial charge in [0.25, 0.3) is 0 Å². The average molecular weight is 381 g/mol. The number of carbonyl (C=O) groups is 3. The number of hydrogen-bond donors (Lipinski definition) is 3. The molecule has 0 heterocycles. The maximum absolute atomic E-state index is 11.6. The molecular formula is C20H19N3O5. The van der Waals surface area contributed by atoms with Gasteiger partial charge in [0.05, 0.1) is 11.8 Å². The highest BCUT2D eigenvalue weighted by atomic mass is 16.5. The largest absolute Gasteiger partial charge is 0.488 e. The lowest BCUT2D eigenvalue weighted by atomic mass is 10.1. The molecule has 8 heteroatoms. The fraction of sp³-hybridized carbons (Fsp3) is 0.100. The number of hydrazone groups is 1. The Morgan fingerprint density at radius 3 is 2.46 bits per heavy atom. The molecule has 0 bridgehead atoms. The van der Waals surface area contributed by atoms with Gasteiger partial charge in [-0.15, -0.1) is 6.58 Å². The van der Waals surface area contributed by atoms with Gasteiger partial charge in [-0.2, -0.15) is 5.10 Å². The minimum atomic E-state index is -0.991. The van der Waals surface area contributed by atoms with Crippen molar-refractivity contribution in [2.24, 2.45) is 5.10 Å². The summed E-state index contributed by atoms with van der Waals surface area (Å²) in [6.07, 6.45) is 2.82. The van der Waals surface area contributed by atoms with Gasteiger partial charge in [-0.05, 0) is 29.8 Å². The van der Waals surface area contributed by atoms with Crippen LogP contribution >= 0.6 is 0 Å². The van der Waals surface area contributed by atoms with E-state index in [-0.39, 0.29) is 18.7 Å². The van der Waals surface area contributed by atoms with Gasteiger partial charge < -0.3 is 15.2 Å². The third-order valence-corrected chi connectivity index (χ3v) is 3.50. The van der Waals surface area contributed by atoms with E-state index in [9.17, 15) is 14.4 Å². The standard InChI is InChI=1S/C20H19N3O5/c1-2-11-21-18(24)19(25)23-22-12-16-5-3-4-6-17(16)28-13-14-7-9-15(10-8-14)20(26)27/h2-10,12H,1,11,13H2,(H,21,24)(H,23,25)(H,26,27)/b22-12-. The number of carbonyl (C=O) groups excluding carboxylic acids is 2. The minimum Gasteiger partial charge on any atom is -0.488 e. The summed E-state index contributed by atoms with van der Waals surface area (Å²) in [6, 6.07) is 13.4. The molecular weight excluding hydrogens is 362 g/mol. The topological polar surface area (TPSA) is 117 Å². The molecule has 0 fully saturated rings. The van der Waals surface area contributed by atoms with Crippen molar-refractivity contribution in [2.75, 3.05) is 6.54 Å². The Hall–Kier alpha value is -3.94. The average Bonchev–Trinajstić information content (AvgIpc) is 2.71. The van der Waals surface area contributed by atoms with Gasteiger partial charge in [-0.25, -0.2) is 10.2 Å². The van der Waals surface area contributed by atoms with Crippen LogP contribution in [0.25, 0.3) is 0 Å². The smallest absolute Gasteiger partial charge is 0.335 e. The molecule has 0 aliphatic heterocycles. The molecule has 2 amide bonds. The quantitative estimate of drug-likeness (QED) is 0.279. The maximum Gasteiger partial charge on any atom is 0.335 e. The highest BCUT2D eigenvalue weighted by Crippen LogP contribution is 2.18. The molecule has 3 N–H and O–H groups in total. The third kappa shape index (κ3) is 6.10. The SMILES string of the molecule is C=CCNC(=O)C(=O)N/N=C\c1ccccc1OCc1ccc(C(=O)O)cc1. The first-order chi connectivity index (χ1) is 13.5. The molecule has 0 aromatic heterocycles. The number of amides is 2. The normalized spacial score (nSPS) is 10.3. The Labute approximate surface area is 161 Å². The molecule has 0 atom stereocenters. The van der Waals surface area contributed by atoms with Gasteiger partial charge in [0.15, 0.2) is 0 Å².